The molecule has 8 amide bonds. The average molecular weight is 2080 g/mol. The quantitative estimate of drug-likeness (QED) is 0.00850. The molecule has 2 fully saturated rings. The van der Waals surface area contributed by atoms with Crippen LogP contribution in [0.3, 0.4) is 0 Å². The molecule has 143 heavy (non-hydrogen) atoms. The van der Waals surface area contributed by atoms with Gasteiger partial charge in [0.2, 0.25) is 53.4 Å². The first kappa shape index (κ1) is 112. The van der Waals surface area contributed by atoms with Crippen LogP contribution in [0.2, 0.25) is 10.0 Å². The van der Waals surface area contributed by atoms with E-state index in [9.17, 15) is 109 Å². The molecule has 6 aromatic rings. The van der Waals surface area contributed by atoms with Crippen LogP contribution >= 0.6 is 38.4 Å². The van der Waals surface area contributed by atoms with Crippen molar-refractivity contribution in [3.05, 3.63) is 146 Å². The Morgan fingerprint density at radius 3 is 1.93 bits per heavy atom. The Bertz CT molecular complexity index is 5720. The highest BCUT2D eigenvalue weighted by atomic mass is 35.5. The predicted molar refractivity (Wildman–Crippen MR) is 504 cm³/mol. The van der Waals surface area contributed by atoms with Gasteiger partial charge in [-0.1, -0.05) is 125 Å². The normalized spacial score (nSPS) is 24.4. The number of carboxylic acid groups (broad SMARTS) is 1. The maximum Gasteiger partial charge on any atom is 0.410 e. The molecule has 25 N–H and O–H groups in total. The van der Waals surface area contributed by atoms with Gasteiger partial charge in [0, 0.05) is 66.8 Å². The molecule has 7 heterocycles. The number of amides is 8. The number of phenolic OH excluding ortho intramolecular Hbond substituents is 3. The lowest BCUT2D eigenvalue weighted by Crippen LogP contribution is -2.66. The number of rotatable bonds is 38. The molecule has 2 saturated heterocycles. The minimum atomic E-state index is -5.40. The summed E-state index contributed by atoms with van der Waals surface area (Å²) in [4.78, 5) is 199. The lowest BCUT2D eigenvalue weighted by atomic mass is 9.85. The van der Waals surface area contributed by atoms with Gasteiger partial charge in [0.15, 0.2) is 35.3 Å². The summed E-state index contributed by atoms with van der Waals surface area (Å²) in [7, 11) is -9.35. The van der Waals surface area contributed by atoms with Crippen molar-refractivity contribution in [3.8, 4) is 62.9 Å². The molecule has 0 saturated carbocycles. The molecule has 6 aromatic carbocycles. The van der Waals surface area contributed by atoms with Crippen molar-refractivity contribution < 1.29 is 170 Å². The summed E-state index contributed by atoms with van der Waals surface area (Å²) in [6.07, 6.45) is -15.5. The molecule has 46 nitrogen and oxygen atoms in total. The second-order valence-corrected chi connectivity index (χ2v) is 40.7. The topological polar surface area (TPSA) is 717 Å². The van der Waals surface area contributed by atoms with Gasteiger partial charge in [-0.25, -0.2) is 9.59 Å². The lowest BCUT2D eigenvalue weighted by molar-refractivity contribution is -0.334. The summed E-state index contributed by atoms with van der Waals surface area (Å²) in [6.45, 7) is 6.16. The number of halogens is 2. The van der Waals surface area contributed by atoms with Crippen molar-refractivity contribution in [2.75, 3.05) is 39.8 Å². The third kappa shape index (κ3) is 28.1. The van der Waals surface area contributed by atoms with E-state index in [1.54, 1.807) is 20.8 Å². The van der Waals surface area contributed by atoms with Crippen LogP contribution in [0.15, 0.2) is 97.1 Å². The van der Waals surface area contributed by atoms with Gasteiger partial charge in [0.25, 0.3) is 0 Å². The largest absolute Gasteiger partial charge is 0.507 e. The van der Waals surface area contributed by atoms with Gasteiger partial charge < -0.3 is 172 Å². The number of aliphatic carboxylic acids is 1. The fourth-order valence-corrected chi connectivity index (χ4v) is 20.2. The Morgan fingerprint density at radius 2 is 1.32 bits per heavy atom. The number of aromatic hydroxyl groups is 3. The number of carboxylic acids is 1. The molecule has 0 radical (unpaired) electrons. The Balaban J connectivity index is 1.02. The number of fused-ring (bicyclic) bond motifs is 15. The number of aliphatic hydroxyl groups is 6. The van der Waals surface area contributed by atoms with Crippen molar-refractivity contribution in [2.24, 2.45) is 11.7 Å². The highest BCUT2D eigenvalue weighted by molar-refractivity contribution is 7.70. The maximum absolute atomic E-state index is 16.5. The van der Waals surface area contributed by atoms with Crippen molar-refractivity contribution in [1.29, 1.82) is 0 Å². The molecule has 13 rings (SSSR count). The van der Waals surface area contributed by atoms with Crippen LogP contribution in [0.25, 0.3) is 11.1 Å². The van der Waals surface area contributed by atoms with Gasteiger partial charge >= 0.3 is 33.2 Å². The Labute approximate surface area is 829 Å². The molecular formula is C93H119Cl2N11O35P2. The highest BCUT2D eigenvalue weighted by Crippen LogP contribution is 2.62. The number of likely N-dealkylation sites (N-methyl/N-ethyl adjacent to an activating group) is 1. The maximum atomic E-state index is 16.5. The number of carbonyl (C=O) groups excluding carboxylic acids is 10. The molecule has 11 bridgehead atoms. The zero-order valence-corrected chi connectivity index (χ0v) is 81.7. The minimum absolute atomic E-state index is 0.106. The molecular weight excluding hydrogens is 1960 g/mol. The minimum Gasteiger partial charge on any atom is -0.507 e. The van der Waals surface area contributed by atoms with Gasteiger partial charge in [-0.3, -0.25) is 47.5 Å². The number of esters is 1. The number of unbranched alkanes of at least 4 members (excludes halogenated alkanes) is 7. The number of para-hydroxylation sites is 1. The molecule has 50 heteroatoms. The van der Waals surface area contributed by atoms with E-state index in [4.69, 9.17) is 66.8 Å². The van der Waals surface area contributed by atoms with Gasteiger partial charge in [-0.2, -0.15) is 0 Å². The number of hydrogen-bond donors (Lipinski definition) is 24. The number of nitrogens with zero attached hydrogens (tertiary/aromatic N) is 1. The average Bonchev–Trinajstić information content (AvgIpc) is 0.753. The smallest absolute Gasteiger partial charge is 0.410 e. The van der Waals surface area contributed by atoms with Crippen LogP contribution in [0.5, 0.6) is 51.7 Å². The third-order valence-corrected chi connectivity index (χ3v) is 29.4. The fraction of sp³-hybridized carbons (Fsp3) is 0.495. The molecule has 0 spiro atoms. The van der Waals surface area contributed by atoms with Crippen LogP contribution in [0.4, 0.5) is 4.79 Å². The second-order valence-electron chi connectivity index (χ2n) is 35.9. The van der Waals surface area contributed by atoms with Crippen molar-refractivity contribution in [3.63, 3.8) is 0 Å². The number of phenols is 3. The lowest BCUT2D eigenvalue weighted by Gasteiger charge is -2.48. The van der Waals surface area contributed by atoms with Crippen LogP contribution in [-0.4, -0.2) is 265 Å². The zero-order chi connectivity index (χ0) is 105. The van der Waals surface area contributed by atoms with Gasteiger partial charge in [0.05, 0.1) is 53.4 Å². The van der Waals surface area contributed by atoms with Gasteiger partial charge in [-0.15, -0.1) is 0 Å². The number of aldehydes is 1. The number of aliphatic hydroxyl groups excluding tert-OH is 6. The molecule has 0 aromatic heterocycles. The number of nitrogens with one attached hydrogen (secondary N) is 9. The molecule has 18 atom stereocenters. The van der Waals surface area contributed by atoms with Crippen LogP contribution < -0.4 is 72.5 Å². The SMILES string of the molecule is CCCCCCCCCCN(CCN[C@]1(C)CC(OC2C(Oc3c4cc5cc3Oc3ccc(cc3Cl)[C@H](O)C(NC(=O)C(CC(C)C)NC)C(=O)NC(CC(N)=O)C(=O)NC5C(=O)NC3C(=O)NC(C(=O)N[C@@H](C(=O)O)c5cc(O)c(CNCC=O)c(O)c5-c5cc3ccc5O)[C@H](O)c3ccc(c(Cl)c3)O4)OC(CO)C(O)C2O)OC(C)C1O)C(=O)OCc1ccccc1OC(=O)CCC(P(=O)(O)O)P(=O)(O)O. The number of nitrogens with two attached hydrogens (primary N) is 1. The first-order valence-corrected chi connectivity index (χ1v) is 50.2. The van der Waals surface area contributed by atoms with E-state index in [0.717, 1.165) is 105 Å². The number of benzene rings is 6. The van der Waals surface area contributed by atoms with E-state index >= 15 is 24.0 Å². The van der Waals surface area contributed by atoms with Crippen molar-refractivity contribution >= 4 is 104 Å². The summed E-state index contributed by atoms with van der Waals surface area (Å²) < 4.78 is 74.9. The van der Waals surface area contributed by atoms with Crippen molar-refractivity contribution in [1.82, 2.24) is 52.8 Å². The zero-order valence-electron chi connectivity index (χ0n) is 78.4. The van der Waals surface area contributed by atoms with E-state index in [1.165, 1.54) is 49.2 Å². The molecule has 7 aliphatic rings. The molecule has 0 aliphatic carbocycles. The summed E-state index contributed by atoms with van der Waals surface area (Å²) in [5, 5.41) is 139. The second kappa shape index (κ2) is 49.5. The summed E-state index contributed by atoms with van der Waals surface area (Å²) in [5.41, 5.74) is 0.592. The Kier molecular flexibility index (Phi) is 38.8. The van der Waals surface area contributed by atoms with E-state index in [0.29, 0.717) is 19.1 Å². The number of carbonyl (C=O) groups is 11. The molecule has 780 valence electrons. The monoisotopic (exact) mass is 2080 g/mol. The van der Waals surface area contributed by atoms with E-state index in [1.807, 2.05) is 0 Å². The first-order chi connectivity index (χ1) is 67.7. The van der Waals surface area contributed by atoms with Crippen LogP contribution in [0.1, 0.15) is 187 Å². The Hall–Kier alpha value is -11.3. The van der Waals surface area contributed by atoms with Gasteiger partial charge in [0.1, 0.15) is 108 Å². The third-order valence-electron chi connectivity index (χ3n) is 24.9. The first-order valence-electron chi connectivity index (χ1n) is 46.1. The molecule has 7 aliphatic heterocycles. The van der Waals surface area contributed by atoms with E-state index in [2.05, 4.69) is 54.8 Å². The highest BCUT2D eigenvalue weighted by Gasteiger charge is 2.53. The fourth-order valence-electron chi connectivity index (χ4n) is 17.3. The van der Waals surface area contributed by atoms with Crippen molar-refractivity contribution in [2.45, 2.75) is 246 Å². The summed E-state index contributed by atoms with van der Waals surface area (Å²) in [6, 6.07) is 3.11. The van der Waals surface area contributed by atoms with Crippen LogP contribution in [-0.2, 0) is 89.2 Å². The summed E-state index contributed by atoms with van der Waals surface area (Å²) in [5.74, 6) is -18.6. The standard InChI is InChI=1S/C93H119Cl2N11O35P2/c1-7-8-9-10-11-12-13-16-29-106(92(127)134-43-49-17-14-15-18-60(49)138-67(112)25-26-69(142(128,129)130)143(131,132)133)30-27-99-93(5)40-68(135-45(4)83(93)118)140-82-80(117)79(116)65(42-108)139-91(82)141-81-63-36-50-37-64(81)137-62-24-21-48(35-55(62)95)77(114)75-89(124)103-73(90(125)126)52-38-59(110)53(41-98-28-31-107)78(115)70(52)51-33-46(19-22-58(51)109)71(86(121)105-75)102-87(122)72(50)101-85(120)57(39-66(96)111)100-88(123)74(104-84(119)56(97-6)32-44(2)3)76(113)47-20-23-61(136-63)54(94)34-47/h14-15,17-24,31,33-38,44-45,56-57,65,68-69,71-77,79-80,82-83,91,97-99,108-110,113-118H,7-13,16,25-30,32,39-43H2,1-6H3,(H2,96,111)(H,100,123)(H,101,120)(H,102,122)(H,103,124)(H,104,119)(H,105,121)(H,125,126)(H2,128,129,130)(H2,131,132,133)/t45?,56?,57?,65?,68?,71?,72?,73-,74?,75?,76+,77-,79?,80?,82?,83?,91?,93-/m1/s1. The number of ether oxygens (including phenoxy) is 8. The van der Waals surface area contributed by atoms with E-state index in [-0.39, 0.29) is 67.4 Å². The summed E-state index contributed by atoms with van der Waals surface area (Å²) >= 11 is 14.4. The molecule has 14 unspecified atom stereocenters. The van der Waals surface area contributed by atoms with E-state index < -0.39 is 318 Å². The number of hydrogen-bond acceptors (Lipinski definition) is 33. The predicted octanol–water partition coefficient (Wildman–Crippen LogP) is 4.17. The van der Waals surface area contributed by atoms with Crippen LogP contribution in [0, 0.1) is 5.92 Å². The Morgan fingerprint density at radius 1 is 0.706 bits per heavy atom. The van der Waals surface area contributed by atoms with Gasteiger partial charge in [-0.05, 0) is 129 Å². The number of primary amides is 1.